The Hall–Kier alpha value is -2.95. The molecule has 4 N–H and O–H groups in total. The molecule has 1 aliphatic heterocycles. The largest absolute Gasteiger partial charge is 0.444 e. The Kier molecular flexibility index (Phi) is 8.12. The van der Waals surface area contributed by atoms with Crippen LogP contribution in [0.1, 0.15) is 71.2 Å². The number of hydrogen-bond acceptors (Lipinski definition) is 7. The van der Waals surface area contributed by atoms with Gasteiger partial charge in [0.15, 0.2) is 5.82 Å². The molecule has 1 aromatic carbocycles. The normalized spacial score (nSPS) is 17.9. The van der Waals surface area contributed by atoms with Crippen molar-refractivity contribution in [1.29, 1.82) is 0 Å². The number of benzene rings is 1. The lowest BCUT2D eigenvalue weighted by Crippen LogP contribution is -2.44. The second-order valence-electron chi connectivity index (χ2n) is 11.0. The molecule has 36 heavy (non-hydrogen) atoms. The van der Waals surface area contributed by atoms with Crippen molar-refractivity contribution in [1.82, 2.24) is 16.2 Å². The molecule has 12 heteroatoms. The van der Waals surface area contributed by atoms with Crippen LogP contribution < -0.4 is 26.4 Å². The van der Waals surface area contributed by atoms with Crippen LogP contribution in [-0.2, 0) is 9.47 Å². The molecule has 10 nitrogen and oxygen atoms in total. The number of halogens is 2. The van der Waals surface area contributed by atoms with Crippen molar-refractivity contribution < 1.29 is 28.2 Å². The zero-order valence-corrected chi connectivity index (χ0v) is 22.3. The molecule has 3 amide bonds. The van der Waals surface area contributed by atoms with Gasteiger partial charge in [-0.3, -0.25) is 10.2 Å². The molecule has 1 aliphatic carbocycles. The van der Waals surface area contributed by atoms with Gasteiger partial charge >= 0.3 is 12.2 Å². The van der Waals surface area contributed by atoms with Crippen molar-refractivity contribution in [2.75, 3.05) is 23.3 Å². The third kappa shape index (κ3) is 7.78. The summed E-state index contributed by atoms with van der Waals surface area (Å²) >= 11 is 6.46. The molecular formula is C24H35ClFN5O5. The molecule has 1 heterocycles. The molecule has 0 unspecified atom stereocenters. The van der Waals surface area contributed by atoms with Crippen molar-refractivity contribution in [3.05, 3.63) is 22.5 Å². The van der Waals surface area contributed by atoms with Crippen LogP contribution in [-0.4, -0.2) is 54.5 Å². The van der Waals surface area contributed by atoms with E-state index >= 15 is 4.39 Å². The highest BCUT2D eigenvalue weighted by atomic mass is 35.5. The second-order valence-corrected chi connectivity index (χ2v) is 11.4. The minimum Gasteiger partial charge on any atom is -0.444 e. The van der Waals surface area contributed by atoms with Gasteiger partial charge in [0.1, 0.15) is 11.2 Å². The van der Waals surface area contributed by atoms with Crippen LogP contribution in [0, 0.1) is 5.82 Å². The maximum atomic E-state index is 15.8. The molecule has 0 bridgehead atoms. The lowest BCUT2D eigenvalue weighted by molar-refractivity contribution is 0.0480. The first-order chi connectivity index (χ1) is 16.6. The molecule has 2 aliphatic rings. The summed E-state index contributed by atoms with van der Waals surface area (Å²) in [5.41, 5.74) is 3.12. The topological polar surface area (TPSA) is 121 Å². The zero-order chi connectivity index (χ0) is 26.8. The summed E-state index contributed by atoms with van der Waals surface area (Å²) in [5, 5.41) is 5.90. The van der Waals surface area contributed by atoms with Crippen LogP contribution in [0.15, 0.2) is 6.07 Å². The number of hydrogen-bond donors (Lipinski definition) is 4. The lowest BCUT2D eigenvalue weighted by Gasteiger charge is -2.25. The average Bonchev–Trinajstić information content (AvgIpc) is 3.43. The number of nitrogens with zero attached hydrogens (tertiary/aromatic N) is 1. The maximum Gasteiger partial charge on any atom is 0.426 e. The Morgan fingerprint density at radius 3 is 2.17 bits per heavy atom. The fourth-order valence-corrected chi connectivity index (χ4v) is 4.00. The number of carbonyl (C=O) groups excluding carboxylic acids is 3. The van der Waals surface area contributed by atoms with E-state index in [1.165, 1.54) is 6.07 Å². The molecule has 0 spiro atoms. The quantitative estimate of drug-likeness (QED) is 0.421. The van der Waals surface area contributed by atoms with Crippen LogP contribution in [0.2, 0.25) is 5.02 Å². The molecule has 2 fully saturated rings. The highest BCUT2D eigenvalue weighted by Gasteiger charge is 2.33. The maximum absolute atomic E-state index is 15.8. The number of amides is 3. The van der Waals surface area contributed by atoms with Crippen LogP contribution in [0.5, 0.6) is 0 Å². The predicted molar refractivity (Wildman–Crippen MR) is 135 cm³/mol. The summed E-state index contributed by atoms with van der Waals surface area (Å²) in [4.78, 5) is 38.6. The molecule has 3 rings (SSSR count). The van der Waals surface area contributed by atoms with Gasteiger partial charge < -0.3 is 25.0 Å². The van der Waals surface area contributed by atoms with Gasteiger partial charge in [0.25, 0.3) is 5.91 Å². The van der Waals surface area contributed by atoms with Crippen molar-refractivity contribution in [2.24, 2.45) is 0 Å². The minimum absolute atomic E-state index is 0.00365. The highest BCUT2D eigenvalue weighted by molar-refractivity contribution is 6.34. The molecule has 1 saturated heterocycles. The summed E-state index contributed by atoms with van der Waals surface area (Å²) in [6.45, 7) is 11.2. The zero-order valence-electron chi connectivity index (χ0n) is 21.5. The molecular weight excluding hydrogens is 493 g/mol. The SMILES string of the molecule is CC(C)(C)OC(=O)NNC(=O)c1cc(Cl)c(N2CC[C@H](NC(=O)OC(C)(C)C)C2)c(F)c1NC1CC1. The Morgan fingerprint density at radius 2 is 1.58 bits per heavy atom. The van der Waals surface area contributed by atoms with Gasteiger partial charge in [0.2, 0.25) is 0 Å². The number of nitrogens with one attached hydrogen (secondary N) is 4. The van der Waals surface area contributed by atoms with Crippen molar-refractivity contribution >= 4 is 41.1 Å². The fraction of sp³-hybridized carbons (Fsp3) is 0.625. The van der Waals surface area contributed by atoms with E-state index in [-0.39, 0.29) is 34.0 Å². The average molecular weight is 528 g/mol. The Morgan fingerprint density at radius 1 is 0.972 bits per heavy atom. The van der Waals surface area contributed by atoms with Gasteiger partial charge in [-0.1, -0.05) is 11.6 Å². The van der Waals surface area contributed by atoms with E-state index in [0.717, 1.165) is 12.8 Å². The number of anilines is 2. The third-order valence-electron chi connectivity index (χ3n) is 5.27. The number of ether oxygens (including phenoxy) is 2. The summed E-state index contributed by atoms with van der Waals surface area (Å²) < 4.78 is 26.2. The summed E-state index contributed by atoms with van der Waals surface area (Å²) in [7, 11) is 0. The standard InChI is InChI=1S/C24H35ClFN5O5/c1-23(2,3)35-21(33)28-14-9-10-31(12-14)19-16(25)11-15(18(17(19)26)27-13-7-8-13)20(32)29-30-22(34)36-24(4,5)6/h11,13-14,27H,7-10,12H2,1-6H3,(H,28,33)(H,29,32)(H,30,34)/t14-/m0/s1. The van der Waals surface area contributed by atoms with Crippen LogP contribution in [0.25, 0.3) is 0 Å². The van der Waals surface area contributed by atoms with Crippen LogP contribution in [0.4, 0.5) is 25.4 Å². The number of hydrazine groups is 1. The van der Waals surface area contributed by atoms with Gasteiger partial charge in [-0.05, 0) is 66.9 Å². The van der Waals surface area contributed by atoms with E-state index < -0.39 is 35.1 Å². The van der Waals surface area contributed by atoms with E-state index in [1.807, 2.05) is 0 Å². The molecule has 0 radical (unpaired) electrons. The molecule has 200 valence electrons. The predicted octanol–water partition coefficient (Wildman–Crippen LogP) is 4.33. The van der Waals surface area contributed by atoms with Crippen molar-refractivity contribution in [3.63, 3.8) is 0 Å². The van der Waals surface area contributed by atoms with Gasteiger partial charge in [-0.25, -0.2) is 19.4 Å². The van der Waals surface area contributed by atoms with E-state index in [4.69, 9.17) is 21.1 Å². The first-order valence-corrected chi connectivity index (χ1v) is 12.3. The Balaban J connectivity index is 1.76. The van der Waals surface area contributed by atoms with E-state index in [2.05, 4.69) is 21.5 Å². The molecule has 1 atom stereocenters. The molecule has 0 aromatic heterocycles. The van der Waals surface area contributed by atoms with E-state index in [0.29, 0.717) is 19.5 Å². The third-order valence-corrected chi connectivity index (χ3v) is 5.55. The fourth-order valence-electron chi connectivity index (χ4n) is 3.68. The number of carbonyl (C=O) groups is 3. The van der Waals surface area contributed by atoms with Crippen LogP contribution >= 0.6 is 11.6 Å². The van der Waals surface area contributed by atoms with Crippen LogP contribution in [0.3, 0.4) is 0 Å². The first kappa shape index (κ1) is 27.6. The van der Waals surface area contributed by atoms with Gasteiger partial charge in [-0.2, -0.15) is 0 Å². The first-order valence-electron chi connectivity index (χ1n) is 12.0. The van der Waals surface area contributed by atoms with Gasteiger partial charge in [0, 0.05) is 19.1 Å². The van der Waals surface area contributed by atoms with Gasteiger partial charge in [-0.15, -0.1) is 0 Å². The Bertz CT molecular complexity index is 1020. The lowest BCUT2D eigenvalue weighted by atomic mass is 10.1. The van der Waals surface area contributed by atoms with Gasteiger partial charge in [0.05, 0.1) is 28.0 Å². The van der Waals surface area contributed by atoms with E-state index in [1.54, 1.807) is 46.4 Å². The summed E-state index contributed by atoms with van der Waals surface area (Å²) in [6.07, 6.45) is 0.876. The molecule has 1 aromatic rings. The minimum atomic E-state index is -0.851. The smallest absolute Gasteiger partial charge is 0.426 e. The second kappa shape index (κ2) is 10.6. The van der Waals surface area contributed by atoms with Crippen molar-refractivity contribution in [2.45, 2.75) is 84.1 Å². The summed E-state index contributed by atoms with van der Waals surface area (Å²) in [5.74, 6) is -1.42. The monoisotopic (exact) mass is 527 g/mol. The highest BCUT2D eigenvalue weighted by Crippen LogP contribution is 2.40. The van der Waals surface area contributed by atoms with E-state index in [9.17, 15) is 14.4 Å². The number of rotatable bonds is 5. The molecule has 1 saturated carbocycles. The van der Waals surface area contributed by atoms with Crippen molar-refractivity contribution in [3.8, 4) is 0 Å². The Labute approximate surface area is 215 Å². The number of alkyl carbamates (subject to hydrolysis) is 1. The summed E-state index contributed by atoms with van der Waals surface area (Å²) in [6, 6.07) is 1.15.